The number of hydrogen-bond donors (Lipinski definition) is 2. The molecule has 0 aliphatic carbocycles. The number of ether oxygens (including phenoxy) is 1. The molecule has 0 atom stereocenters. The van der Waals surface area contributed by atoms with Gasteiger partial charge in [-0.2, -0.15) is 0 Å². The zero-order chi connectivity index (χ0) is 19.4. The Balaban J connectivity index is 1.50. The van der Waals surface area contributed by atoms with Crippen molar-refractivity contribution in [3.8, 4) is 5.75 Å². The average Bonchev–Trinajstić information content (AvgIpc) is 2.98. The van der Waals surface area contributed by atoms with Crippen LogP contribution in [-0.2, 0) is 14.3 Å². The maximum absolute atomic E-state index is 12.1. The summed E-state index contributed by atoms with van der Waals surface area (Å²) in [6.07, 6.45) is 0. The number of esters is 1. The lowest BCUT2D eigenvalue weighted by Crippen LogP contribution is -2.38. The molecule has 1 aliphatic heterocycles. The molecule has 2 aromatic carbocycles. The molecule has 1 saturated heterocycles. The van der Waals surface area contributed by atoms with Crippen molar-refractivity contribution in [3.05, 3.63) is 42.0 Å². The molecule has 140 valence electrons. The van der Waals surface area contributed by atoms with Gasteiger partial charge in [0.2, 0.25) is 5.91 Å². The number of nitrogens with one attached hydrogen (secondary N) is 1. The van der Waals surface area contributed by atoms with Gasteiger partial charge >= 0.3 is 5.97 Å². The number of phenolic OH excluding ortho intramolecular Hbond substituents is 1. The second-order valence-electron chi connectivity index (χ2n) is 5.71. The normalized spacial score (nSPS) is 13.9. The number of benzene rings is 2. The van der Waals surface area contributed by atoms with Crippen LogP contribution in [0.15, 0.2) is 36.4 Å². The summed E-state index contributed by atoms with van der Waals surface area (Å²) in [5, 5.41) is 13.6. The fourth-order valence-electron chi connectivity index (χ4n) is 2.58. The number of hydrogen-bond acceptors (Lipinski definition) is 7. The van der Waals surface area contributed by atoms with E-state index in [1.54, 1.807) is 24.3 Å². The highest BCUT2D eigenvalue weighted by Crippen LogP contribution is 2.28. The van der Waals surface area contributed by atoms with Crippen LogP contribution >= 0.6 is 11.8 Å². The predicted octanol–water partition coefficient (Wildman–Crippen LogP) is 1.51. The summed E-state index contributed by atoms with van der Waals surface area (Å²) in [6.45, 7) is -0.410. The molecule has 1 aliphatic rings. The zero-order valence-electron chi connectivity index (χ0n) is 14.1. The van der Waals surface area contributed by atoms with Crippen molar-refractivity contribution >= 4 is 45.6 Å². The van der Waals surface area contributed by atoms with E-state index in [0.29, 0.717) is 5.39 Å². The zero-order valence-corrected chi connectivity index (χ0v) is 15.0. The molecular weight excluding hydrogens is 372 g/mol. The Hall–Kier alpha value is -3.07. The van der Waals surface area contributed by atoms with E-state index < -0.39 is 18.5 Å². The van der Waals surface area contributed by atoms with Crippen molar-refractivity contribution in [2.24, 2.45) is 0 Å². The smallest absolute Gasteiger partial charge is 0.342 e. The van der Waals surface area contributed by atoms with Crippen molar-refractivity contribution in [1.29, 1.82) is 0 Å². The fourth-order valence-corrected chi connectivity index (χ4v) is 3.34. The summed E-state index contributed by atoms with van der Waals surface area (Å²) in [6, 6.07) is 10.1. The third-order valence-electron chi connectivity index (χ3n) is 3.95. The number of thioether (sulfide) groups is 1. The lowest BCUT2D eigenvalue weighted by atomic mass is 10.1. The van der Waals surface area contributed by atoms with Crippen LogP contribution < -0.4 is 5.32 Å². The van der Waals surface area contributed by atoms with E-state index in [1.807, 2.05) is 6.07 Å². The Morgan fingerprint density at radius 3 is 2.70 bits per heavy atom. The summed E-state index contributed by atoms with van der Waals surface area (Å²) in [5.41, 5.74) is -0.0354. The number of carbonyl (C=O) groups excluding carboxylic acids is 4. The predicted molar refractivity (Wildman–Crippen MR) is 98.5 cm³/mol. The SMILES string of the molecule is O=C(COC(=O)c1ccc2ccccc2c1O)NCCN1C(=O)CSC1=O. The van der Waals surface area contributed by atoms with Gasteiger partial charge in [0, 0.05) is 18.5 Å². The van der Waals surface area contributed by atoms with E-state index in [0.717, 1.165) is 22.0 Å². The second kappa shape index (κ2) is 8.09. The van der Waals surface area contributed by atoms with Gasteiger partial charge in [0.15, 0.2) is 6.61 Å². The van der Waals surface area contributed by atoms with E-state index in [-0.39, 0.29) is 41.3 Å². The third-order valence-corrected chi connectivity index (χ3v) is 4.81. The first-order valence-corrected chi connectivity index (χ1v) is 9.07. The van der Waals surface area contributed by atoms with Crippen LogP contribution in [0.4, 0.5) is 4.79 Å². The number of phenols is 1. The van der Waals surface area contributed by atoms with Crippen LogP contribution in [0.1, 0.15) is 10.4 Å². The number of nitrogens with zero attached hydrogens (tertiary/aromatic N) is 1. The highest BCUT2D eigenvalue weighted by molar-refractivity contribution is 8.14. The molecule has 3 amide bonds. The summed E-state index contributed by atoms with van der Waals surface area (Å²) in [4.78, 5) is 47.8. The van der Waals surface area contributed by atoms with E-state index in [4.69, 9.17) is 4.74 Å². The molecule has 1 heterocycles. The molecule has 0 aromatic heterocycles. The molecule has 3 rings (SSSR count). The van der Waals surface area contributed by atoms with Gasteiger partial charge in [-0.25, -0.2) is 4.79 Å². The van der Waals surface area contributed by atoms with E-state index in [9.17, 15) is 24.3 Å². The van der Waals surface area contributed by atoms with Gasteiger partial charge in [0.1, 0.15) is 11.3 Å². The third kappa shape index (κ3) is 4.20. The number of aromatic hydroxyl groups is 1. The van der Waals surface area contributed by atoms with Crippen molar-refractivity contribution in [3.63, 3.8) is 0 Å². The monoisotopic (exact) mass is 388 g/mol. The molecule has 8 nitrogen and oxygen atoms in total. The minimum atomic E-state index is -0.824. The Morgan fingerprint density at radius 2 is 1.96 bits per heavy atom. The van der Waals surface area contributed by atoms with E-state index in [2.05, 4.69) is 5.32 Å². The Labute approximate surface area is 158 Å². The van der Waals surface area contributed by atoms with Gasteiger partial charge in [-0.05, 0) is 11.5 Å². The van der Waals surface area contributed by atoms with Crippen LogP contribution in [0.2, 0.25) is 0 Å². The quantitative estimate of drug-likeness (QED) is 0.721. The molecule has 0 bridgehead atoms. The number of rotatable bonds is 6. The van der Waals surface area contributed by atoms with Crippen LogP contribution in [0.3, 0.4) is 0 Å². The van der Waals surface area contributed by atoms with Gasteiger partial charge in [-0.1, -0.05) is 42.1 Å². The highest BCUT2D eigenvalue weighted by atomic mass is 32.2. The summed E-state index contributed by atoms with van der Waals surface area (Å²) in [5.74, 6) is -1.79. The Kier molecular flexibility index (Phi) is 5.60. The molecule has 27 heavy (non-hydrogen) atoms. The van der Waals surface area contributed by atoms with Crippen LogP contribution in [0.5, 0.6) is 5.75 Å². The van der Waals surface area contributed by atoms with Crippen molar-refractivity contribution in [1.82, 2.24) is 10.2 Å². The molecule has 1 fully saturated rings. The number of amides is 3. The Bertz CT molecular complexity index is 913. The van der Waals surface area contributed by atoms with E-state index >= 15 is 0 Å². The number of imide groups is 1. The molecule has 2 aromatic rings. The second-order valence-corrected chi connectivity index (χ2v) is 6.64. The minimum absolute atomic E-state index is 0.0354. The number of carbonyl (C=O) groups is 4. The fraction of sp³-hybridized carbons (Fsp3) is 0.222. The summed E-state index contributed by atoms with van der Waals surface area (Å²) >= 11 is 0.918. The van der Waals surface area contributed by atoms with Gasteiger partial charge in [-0.3, -0.25) is 19.3 Å². The number of fused-ring (bicyclic) bond motifs is 1. The first-order valence-electron chi connectivity index (χ1n) is 8.09. The van der Waals surface area contributed by atoms with Crippen LogP contribution in [-0.4, -0.2) is 58.5 Å². The topological polar surface area (TPSA) is 113 Å². The minimum Gasteiger partial charge on any atom is -0.506 e. The molecule has 0 unspecified atom stereocenters. The average molecular weight is 388 g/mol. The first kappa shape index (κ1) is 18.7. The van der Waals surface area contributed by atoms with Crippen LogP contribution in [0.25, 0.3) is 10.8 Å². The lowest BCUT2D eigenvalue weighted by molar-refractivity contribution is -0.126. The molecule has 9 heteroatoms. The van der Waals surface area contributed by atoms with Gasteiger partial charge in [0.25, 0.3) is 11.1 Å². The van der Waals surface area contributed by atoms with Gasteiger partial charge in [-0.15, -0.1) is 0 Å². The summed E-state index contributed by atoms with van der Waals surface area (Å²) < 4.78 is 4.92. The summed E-state index contributed by atoms with van der Waals surface area (Å²) in [7, 11) is 0. The van der Waals surface area contributed by atoms with Gasteiger partial charge < -0.3 is 15.2 Å². The highest BCUT2D eigenvalue weighted by Gasteiger charge is 2.29. The largest absolute Gasteiger partial charge is 0.506 e. The molecular formula is C18H16N2O6S. The van der Waals surface area contributed by atoms with Crippen molar-refractivity contribution in [2.45, 2.75) is 0 Å². The van der Waals surface area contributed by atoms with Gasteiger partial charge in [0.05, 0.1) is 5.75 Å². The van der Waals surface area contributed by atoms with E-state index in [1.165, 1.54) is 6.07 Å². The Morgan fingerprint density at radius 1 is 1.19 bits per heavy atom. The molecule has 0 spiro atoms. The molecule has 0 saturated carbocycles. The first-order chi connectivity index (χ1) is 13.0. The van der Waals surface area contributed by atoms with Crippen molar-refractivity contribution in [2.75, 3.05) is 25.4 Å². The van der Waals surface area contributed by atoms with Crippen LogP contribution in [0, 0.1) is 0 Å². The standard InChI is InChI=1S/C18H16N2O6S/c21-14(19-7-8-20-15(22)10-27-18(20)25)9-26-17(24)13-6-5-11-3-1-2-4-12(11)16(13)23/h1-6,23H,7-10H2,(H,19,21). The lowest BCUT2D eigenvalue weighted by Gasteiger charge is -2.13. The molecule has 2 N–H and O–H groups in total. The molecule has 0 radical (unpaired) electrons. The maximum atomic E-state index is 12.1. The maximum Gasteiger partial charge on any atom is 0.342 e. The van der Waals surface area contributed by atoms with Crippen molar-refractivity contribution < 1.29 is 29.0 Å².